The van der Waals surface area contributed by atoms with Gasteiger partial charge in [0.2, 0.25) is 0 Å². The standard InChI is InChI=1S/C11H11Cl2N3O2S/c1-16-5-7(19(13,17)18)9-10(12)14-8(15-11(9)16)4-6-2-3-6/h5-6H,2-4H2,1H3. The summed E-state index contributed by atoms with van der Waals surface area (Å²) in [5.41, 5.74) is 0.495. The highest BCUT2D eigenvalue weighted by molar-refractivity contribution is 8.14. The Morgan fingerprint density at radius 1 is 1.42 bits per heavy atom. The Balaban J connectivity index is 2.23. The maximum atomic E-state index is 11.5. The number of nitrogens with zero attached hydrogens (tertiary/aromatic N) is 3. The Morgan fingerprint density at radius 2 is 2.11 bits per heavy atom. The Morgan fingerprint density at radius 3 is 2.68 bits per heavy atom. The molecule has 8 heteroatoms. The van der Waals surface area contributed by atoms with Crippen molar-refractivity contribution in [3.8, 4) is 0 Å². The summed E-state index contributed by atoms with van der Waals surface area (Å²) >= 11 is 6.10. The van der Waals surface area contributed by atoms with Crippen molar-refractivity contribution >= 4 is 42.4 Å². The number of rotatable bonds is 3. The molecule has 1 aliphatic carbocycles. The monoisotopic (exact) mass is 319 g/mol. The Bertz CT molecular complexity index is 766. The molecule has 0 atom stereocenters. The lowest BCUT2D eigenvalue weighted by molar-refractivity contribution is 0.610. The Labute approximate surface area is 120 Å². The summed E-state index contributed by atoms with van der Waals surface area (Å²) in [6, 6.07) is 0. The van der Waals surface area contributed by atoms with Gasteiger partial charge < -0.3 is 4.57 Å². The lowest BCUT2D eigenvalue weighted by Crippen LogP contribution is -2.00. The van der Waals surface area contributed by atoms with E-state index in [2.05, 4.69) is 9.97 Å². The van der Waals surface area contributed by atoms with Crippen LogP contribution in [0.2, 0.25) is 5.15 Å². The molecule has 0 saturated heterocycles. The molecule has 2 aromatic heterocycles. The van der Waals surface area contributed by atoms with Gasteiger partial charge in [0, 0.05) is 30.3 Å². The zero-order chi connectivity index (χ0) is 13.8. The van der Waals surface area contributed by atoms with Gasteiger partial charge >= 0.3 is 0 Å². The smallest absolute Gasteiger partial charge is 0.263 e. The first-order valence-corrected chi connectivity index (χ1v) is 8.51. The minimum atomic E-state index is -3.87. The molecule has 0 spiro atoms. The zero-order valence-electron chi connectivity index (χ0n) is 10.1. The van der Waals surface area contributed by atoms with Crippen molar-refractivity contribution in [2.24, 2.45) is 13.0 Å². The van der Waals surface area contributed by atoms with E-state index in [1.807, 2.05) is 0 Å². The average molecular weight is 320 g/mol. The molecule has 1 fully saturated rings. The molecule has 0 unspecified atom stereocenters. The fourth-order valence-electron chi connectivity index (χ4n) is 2.09. The van der Waals surface area contributed by atoms with Crippen LogP contribution in [0.25, 0.3) is 11.0 Å². The molecule has 2 aromatic rings. The molecule has 5 nitrogen and oxygen atoms in total. The Kier molecular flexibility index (Phi) is 2.99. The van der Waals surface area contributed by atoms with Crippen LogP contribution < -0.4 is 0 Å². The lowest BCUT2D eigenvalue weighted by atomic mass is 10.3. The van der Waals surface area contributed by atoms with E-state index in [0.717, 1.165) is 6.42 Å². The highest BCUT2D eigenvalue weighted by Crippen LogP contribution is 2.34. The van der Waals surface area contributed by atoms with Crippen molar-refractivity contribution in [3.63, 3.8) is 0 Å². The number of fused-ring (bicyclic) bond motifs is 1. The van der Waals surface area contributed by atoms with Crippen LogP contribution in [-0.4, -0.2) is 23.0 Å². The molecule has 1 aliphatic rings. The molecule has 0 radical (unpaired) electrons. The summed E-state index contributed by atoms with van der Waals surface area (Å²) in [6.07, 6.45) is 4.57. The molecule has 0 bridgehead atoms. The minimum absolute atomic E-state index is 0.0466. The molecule has 2 heterocycles. The van der Waals surface area contributed by atoms with Crippen LogP contribution in [0.15, 0.2) is 11.1 Å². The molecular weight excluding hydrogens is 309 g/mol. The van der Waals surface area contributed by atoms with E-state index in [1.54, 1.807) is 11.6 Å². The van der Waals surface area contributed by atoms with Gasteiger partial charge in [0.1, 0.15) is 21.5 Å². The first kappa shape index (κ1) is 13.1. The second-order valence-corrected chi connectivity index (χ2v) is 7.71. The molecule has 0 N–H and O–H groups in total. The van der Waals surface area contributed by atoms with Gasteiger partial charge in [-0.1, -0.05) is 11.6 Å². The van der Waals surface area contributed by atoms with Crippen molar-refractivity contribution in [2.75, 3.05) is 0 Å². The topological polar surface area (TPSA) is 64.8 Å². The zero-order valence-corrected chi connectivity index (χ0v) is 12.4. The van der Waals surface area contributed by atoms with Crippen LogP contribution in [0.4, 0.5) is 0 Å². The highest BCUT2D eigenvalue weighted by Gasteiger charge is 2.26. The van der Waals surface area contributed by atoms with E-state index in [4.69, 9.17) is 22.3 Å². The minimum Gasteiger partial charge on any atom is -0.334 e. The number of halogens is 2. The molecule has 102 valence electrons. The van der Waals surface area contributed by atoms with Crippen LogP contribution in [-0.2, 0) is 22.5 Å². The SMILES string of the molecule is Cn1cc(S(=O)(=O)Cl)c2c(Cl)nc(CC3CC3)nc21. The van der Waals surface area contributed by atoms with Crippen LogP contribution in [0, 0.1) is 5.92 Å². The summed E-state index contributed by atoms with van der Waals surface area (Å²) in [5.74, 6) is 1.28. The number of hydrogen-bond donors (Lipinski definition) is 0. The van der Waals surface area contributed by atoms with Crippen molar-refractivity contribution in [1.29, 1.82) is 0 Å². The van der Waals surface area contributed by atoms with E-state index in [1.165, 1.54) is 19.0 Å². The second-order valence-electron chi connectivity index (χ2n) is 4.82. The maximum absolute atomic E-state index is 11.5. The number of aromatic nitrogens is 3. The van der Waals surface area contributed by atoms with Gasteiger partial charge in [0.15, 0.2) is 0 Å². The fraction of sp³-hybridized carbons (Fsp3) is 0.455. The van der Waals surface area contributed by atoms with Crippen molar-refractivity contribution < 1.29 is 8.42 Å². The van der Waals surface area contributed by atoms with Gasteiger partial charge in [0.05, 0.1) is 5.39 Å². The van der Waals surface area contributed by atoms with E-state index >= 15 is 0 Å². The number of aryl methyl sites for hydroxylation is 1. The molecule has 0 aromatic carbocycles. The third-order valence-electron chi connectivity index (χ3n) is 3.21. The van der Waals surface area contributed by atoms with Gasteiger partial charge in [-0.3, -0.25) is 0 Å². The first-order chi connectivity index (χ1) is 8.86. The maximum Gasteiger partial charge on any atom is 0.263 e. The average Bonchev–Trinajstić information content (AvgIpc) is 3.02. The fourth-order valence-corrected chi connectivity index (χ4v) is 3.50. The van der Waals surface area contributed by atoms with Gasteiger partial charge in [-0.05, 0) is 18.8 Å². The predicted octanol–water partition coefficient (Wildman–Crippen LogP) is 2.50. The highest BCUT2D eigenvalue weighted by atomic mass is 35.7. The van der Waals surface area contributed by atoms with Crippen LogP contribution >= 0.6 is 22.3 Å². The second kappa shape index (κ2) is 4.33. The van der Waals surface area contributed by atoms with Gasteiger partial charge in [-0.2, -0.15) is 0 Å². The van der Waals surface area contributed by atoms with Crippen LogP contribution in [0.1, 0.15) is 18.7 Å². The molecular formula is C11H11Cl2N3O2S. The first-order valence-electron chi connectivity index (χ1n) is 5.82. The predicted molar refractivity (Wildman–Crippen MR) is 73.0 cm³/mol. The summed E-state index contributed by atoms with van der Waals surface area (Å²) in [5, 5.41) is 0.430. The molecule has 3 rings (SSSR count). The summed E-state index contributed by atoms with van der Waals surface area (Å²) < 4.78 is 24.7. The van der Waals surface area contributed by atoms with Gasteiger partial charge in [-0.25, -0.2) is 18.4 Å². The van der Waals surface area contributed by atoms with Crippen molar-refractivity contribution in [2.45, 2.75) is 24.2 Å². The van der Waals surface area contributed by atoms with Crippen LogP contribution in [0.5, 0.6) is 0 Å². The normalized spacial score (nSPS) is 16.2. The largest absolute Gasteiger partial charge is 0.334 e. The molecule has 19 heavy (non-hydrogen) atoms. The van der Waals surface area contributed by atoms with Gasteiger partial charge in [-0.15, -0.1) is 0 Å². The molecule has 0 aliphatic heterocycles. The van der Waals surface area contributed by atoms with E-state index < -0.39 is 9.05 Å². The van der Waals surface area contributed by atoms with Crippen molar-refractivity contribution in [3.05, 3.63) is 17.2 Å². The van der Waals surface area contributed by atoms with Crippen LogP contribution in [0.3, 0.4) is 0 Å². The molecule has 0 amide bonds. The number of hydrogen-bond acceptors (Lipinski definition) is 4. The van der Waals surface area contributed by atoms with E-state index in [9.17, 15) is 8.42 Å². The summed E-state index contributed by atoms with van der Waals surface area (Å²) in [7, 11) is 3.24. The van der Waals surface area contributed by atoms with Gasteiger partial charge in [0.25, 0.3) is 9.05 Å². The van der Waals surface area contributed by atoms with Crippen molar-refractivity contribution in [1.82, 2.24) is 14.5 Å². The summed E-state index contributed by atoms with van der Waals surface area (Å²) in [6.45, 7) is 0. The Hall–Kier alpha value is -0.850. The third kappa shape index (κ3) is 2.44. The molecule has 1 saturated carbocycles. The summed E-state index contributed by atoms with van der Waals surface area (Å²) in [4.78, 5) is 8.53. The van der Waals surface area contributed by atoms with E-state index in [-0.39, 0.29) is 10.0 Å². The van der Waals surface area contributed by atoms with E-state index in [0.29, 0.717) is 22.8 Å². The lowest BCUT2D eigenvalue weighted by Gasteiger charge is -2.02. The quantitative estimate of drug-likeness (QED) is 0.644. The third-order valence-corrected chi connectivity index (χ3v) is 4.82.